The zero-order chi connectivity index (χ0) is 22.0. The van der Waals surface area contributed by atoms with E-state index in [0.29, 0.717) is 36.0 Å². The maximum Gasteiger partial charge on any atom is 0.336 e. The quantitative estimate of drug-likeness (QED) is 0.494. The molecule has 1 aromatic carbocycles. The number of furan rings is 1. The number of carbonyl (C=O) groups is 3. The minimum absolute atomic E-state index is 0.153. The van der Waals surface area contributed by atoms with Gasteiger partial charge in [-0.05, 0) is 37.1 Å². The molecule has 2 aromatic heterocycles. The molecule has 0 bridgehead atoms. The first kappa shape index (κ1) is 20.4. The van der Waals surface area contributed by atoms with E-state index < -0.39 is 17.6 Å². The molecule has 1 aliphatic rings. The van der Waals surface area contributed by atoms with Crippen molar-refractivity contribution in [3.05, 3.63) is 64.4 Å². The third kappa shape index (κ3) is 4.35. The van der Waals surface area contributed by atoms with E-state index in [1.165, 1.54) is 30.2 Å². The smallest absolute Gasteiger partial charge is 0.336 e. The SMILES string of the molecule is CC(=O)Nc1ccc2c(COC(=O)[C@@H]3CCCN3C(=O)c3ccco3)cc(=O)oc2c1. The van der Waals surface area contributed by atoms with Crippen LogP contribution in [0.4, 0.5) is 5.69 Å². The Balaban J connectivity index is 1.50. The van der Waals surface area contributed by atoms with E-state index in [9.17, 15) is 19.2 Å². The molecule has 1 atom stereocenters. The highest BCUT2D eigenvalue weighted by Crippen LogP contribution is 2.24. The van der Waals surface area contributed by atoms with Crippen molar-refractivity contribution in [3.63, 3.8) is 0 Å². The van der Waals surface area contributed by atoms with E-state index in [4.69, 9.17) is 13.6 Å². The molecular weight excluding hydrogens is 404 g/mol. The highest BCUT2D eigenvalue weighted by molar-refractivity contribution is 5.95. The lowest BCUT2D eigenvalue weighted by molar-refractivity contribution is -0.149. The number of hydrogen-bond donors (Lipinski definition) is 1. The molecule has 1 saturated heterocycles. The number of fused-ring (bicyclic) bond motifs is 1. The standard InChI is InChI=1S/C22H20N2O7/c1-13(25)23-15-6-7-16-14(10-20(26)31-19(16)11-15)12-30-22(28)17-4-2-8-24(17)21(27)18-5-3-9-29-18/h3,5-7,9-11,17H,2,4,8,12H2,1H3,(H,23,25)/t17-/m0/s1. The number of nitrogens with one attached hydrogen (secondary N) is 1. The Morgan fingerprint density at radius 1 is 1.23 bits per heavy atom. The minimum Gasteiger partial charge on any atom is -0.459 e. The van der Waals surface area contributed by atoms with Crippen LogP contribution in [-0.2, 0) is 20.9 Å². The normalized spacial score (nSPS) is 15.8. The maximum absolute atomic E-state index is 12.7. The van der Waals surface area contributed by atoms with Crippen molar-refractivity contribution in [2.24, 2.45) is 0 Å². The topological polar surface area (TPSA) is 119 Å². The van der Waals surface area contributed by atoms with Crippen molar-refractivity contribution in [1.82, 2.24) is 4.90 Å². The number of benzene rings is 1. The van der Waals surface area contributed by atoms with E-state index >= 15 is 0 Å². The van der Waals surface area contributed by atoms with Crippen LogP contribution in [-0.4, -0.2) is 35.3 Å². The molecule has 160 valence electrons. The molecule has 3 heterocycles. The summed E-state index contributed by atoms with van der Waals surface area (Å²) in [5.41, 5.74) is 0.612. The number of rotatable bonds is 5. The molecule has 31 heavy (non-hydrogen) atoms. The summed E-state index contributed by atoms with van der Waals surface area (Å²) < 4.78 is 15.8. The van der Waals surface area contributed by atoms with E-state index in [1.54, 1.807) is 24.3 Å². The van der Waals surface area contributed by atoms with Gasteiger partial charge in [0.1, 0.15) is 18.2 Å². The second-order valence-electron chi connectivity index (χ2n) is 7.22. The Labute approximate surface area is 176 Å². The van der Waals surface area contributed by atoms with E-state index in [-0.39, 0.29) is 29.8 Å². The molecular formula is C22H20N2O7. The summed E-state index contributed by atoms with van der Waals surface area (Å²) in [6.07, 6.45) is 2.57. The lowest BCUT2D eigenvalue weighted by atomic mass is 10.1. The number of hydrogen-bond acceptors (Lipinski definition) is 7. The molecule has 0 aliphatic carbocycles. The van der Waals surface area contributed by atoms with Crippen molar-refractivity contribution < 1.29 is 28.0 Å². The molecule has 0 unspecified atom stereocenters. The predicted octanol–water partition coefficient (Wildman–Crippen LogP) is 2.69. The number of carbonyl (C=O) groups excluding carboxylic acids is 3. The zero-order valence-corrected chi connectivity index (χ0v) is 16.8. The number of anilines is 1. The lowest BCUT2D eigenvalue weighted by Gasteiger charge is -2.22. The van der Waals surface area contributed by atoms with Crippen molar-refractivity contribution in [3.8, 4) is 0 Å². The molecule has 9 heteroatoms. The average molecular weight is 424 g/mol. The summed E-state index contributed by atoms with van der Waals surface area (Å²) in [6.45, 7) is 1.65. The fraction of sp³-hybridized carbons (Fsp3) is 0.273. The van der Waals surface area contributed by atoms with Gasteiger partial charge in [-0.2, -0.15) is 0 Å². The monoisotopic (exact) mass is 424 g/mol. The van der Waals surface area contributed by atoms with Gasteiger partial charge < -0.3 is 23.8 Å². The number of ether oxygens (including phenoxy) is 1. The molecule has 3 aromatic rings. The summed E-state index contributed by atoms with van der Waals surface area (Å²) in [7, 11) is 0. The Kier molecular flexibility index (Phi) is 5.57. The third-order valence-corrected chi connectivity index (χ3v) is 5.04. The van der Waals surface area contributed by atoms with Gasteiger partial charge in [-0.1, -0.05) is 0 Å². The Morgan fingerprint density at radius 3 is 2.81 bits per heavy atom. The van der Waals surface area contributed by atoms with Crippen LogP contribution in [0.15, 0.2) is 56.3 Å². The first-order chi connectivity index (χ1) is 14.9. The van der Waals surface area contributed by atoms with Gasteiger partial charge in [0.2, 0.25) is 5.91 Å². The third-order valence-electron chi connectivity index (χ3n) is 5.04. The molecule has 1 aliphatic heterocycles. The summed E-state index contributed by atoms with van der Waals surface area (Å²) in [5.74, 6) is -0.993. The molecule has 0 saturated carbocycles. The summed E-state index contributed by atoms with van der Waals surface area (Å²) in [6, 6.07) is 8.58. The molecule has 2 amide bonds. The summed E-state index contributed by atoms with van der Waals surface area (Å²) >= 11 is 0. The number of esters is 1. The van der Waals surface area contributed by atoms with Crippen molar-refractivity contribution in [1.29, 1.82) is 0 Å². The van der Waals surface area contributed by atoms with Crippen LogP contribution in [0.25, 0.3) is 11.0 Å². The Bertz CT molecular complexity index is 1200. The van der Waals surface area contributed by atoms with Crippen LogP contribution in [0.1, 0.15) is 35.9 Å². The minimum atomic E-state index is -0.713. The summed E-state index contributed by atoms with van der Waals surface area (Å²) in [5, 5.41) is 3.20. The lowest BCUT2D eigenvalue weighted by Crippen LogP contribution is -2.41. The van der Waals surface area contributed by atoms with Crippen molar-refractivity contribution >= 4 is 34.4 Å². The maximum atomic E-state index is 12.7. The molecule has 4 rings (SSSR count). The Hall–Kier alpha value is -3.88. The number of nitrogens with zero attached hydrogens (tertiary/aromatic N) is 1. The van der Waals surface area contributed by atoms with E-state index in [2.05, 4.69) is 5.32 Å². The van der Waals surface area contributed by atoms with Gasteiger partial charge in [-0.15, -0.1) is 0 Å². The van der Waals surface area contributed by atoms with Gasteiger partial charge in [0.15, 0.2) is 5.76 Å². The van der Waals surface area contributed by atoms with Crippen molar-refractivity contribution in [2.45, 2.75) is 32.4 Å². The van der Waals surface area contributed by atoms with Gasteiger partial charge >= 0.3 is 11.6 Å². The van der Waals surface area contributed by atoms with Crippen LogP contribution in [0, 0.1) is 0 Å². The summed E-state index contributed by atoms with van der Waals surface area (Å²) in [4.78, 5) is 49.9. The van der Waals surface area contributed by atoms with Crippen LogP contribution in [0.3, 0.4) is 0 Å². The highest BCUT2D eigenvalue weighted by Gasteiger charge is 2.36. The molecule has 0 spiro atoms. The first-order valence-electron chi connectivity index (χ1n) is 9.78. The van der Waals surface area contributed by atoms with E-state index in [1.807, 2.05) is 0 Å². The fourth-order valence-electron chi connectivity index (χ4n) is 3.67. The van der Waals surface area contributed by atoms with Gasteiger partial charge in [0, 0.05) is 42.2 Å². The average Bonchev–Trinajstić information content (AvgIpc) is 3.42. The predicted molar refractivity (Wildman–Crippen MR) is 109 cm³/mol. The van der Waals surface area contributed by atoms with Crippen LogP contribution >= 0.6 is 0 Å². The zero-order valence-electron chi connectivity index (χ0n) is 16.8. The second-order valence-corrected chi connectivity index (χ2v) is 7.22. The largest absolute Gasteiger partial charge is 0.459 e. The molecule has 9 nitrogen and oxygen atoms in total. The van der Waals surface area contributed by atoms with Gasteiger partial charge in [0.05, 0.1) is 6.26 Å². The van der Waals surface area contributed by atoms with E-state index in [0.717, 1.165) is 0 Å². The van der Waals surface area contributed by atoms with Gasteiger partial charge in [0.25, 0.3) is 5.91 Å². The number of likely N-dealkylation sites (tertiary alicyclic amines) is 1. The fourth-order valence-corrected chi connectivity index (χ4v) is 3.67. The molecule has 1 N–H and O–H groups in total. The van der Waals surface area contributed by atoms with Crippen molar-refractivity contribution in [2.75, 3.05) is 11.9 Å². The molecule has 0 radical (unpaired) electrons. The first-order valence-corrected chi connectivity index (χ1v) is 9.78. The van der Waals surface area contributed by atoms with Crippen LogP contribution in [0.2, 0.25) is 0 Å². The Morgan fingerprint density at radius 2 is 2.06 bits per heavy atom. The van der Waals surface area contributed by atoms with Crippen LogP contribution < -0.4 is 10.9 Å². The number of amides is 2. The van der Waals surface area contributed by atoms with Gasteiger partial charge in [-0.25, -0.2) is 9.59 Å². The van der Waals surface area contributed by atoms with Gasteiger partial charge in [-0.3, -0.25) is 9.59 Å². The second kappa shape index (κ2) is 8.47. The molecule has 1 fully saturated rings. The highest BCUT2D eigenvalue weighted by atomic mass is 16.5. The van der Waals surface area contributed by atoms with Crippen LogP contribution in [0.5, 0.6) is 0 Å².